The van der Waals surface area contributed by atoms with E-state index in [-0.39, 0.29) is 11.4 Å². The minimum atomic E-state index is -0.382. The number of benzene rings is 1. The average Bonchev–Trinajstić information content (AvgIpc) is 2.94. The zero-order chi connectivity index (χ0) is 13.9. The Balaban J connectivity index is 2.30. The number of halogens is 1. The second kappa shape index (κ2) is 6.02. The fraction of sp³-hybridized carbons (Fsp3) is 0.625. The summed E-state index contributed by atoms with van der Waals surface area (Å²) in [4.78, 5) is 2.51. The first-order valence-corrected chi connectivity index (χ1v) is 7.40. The molecule has 0 bridgehead atoms. The zero-order valence-electron chi connectivity index (χ0n) is 12.0. The van der Waals surface area contributed by atoms with Crippen molar-refractivity contribution in [2.75, 3.05) is 13.1 Å². The van der Waals surface area contributed by atoms with E-state index in [0.29, 0.717) is 6.04 Å². The molecule has 0 saturated carbocycles. The Morgan fingerprint density at radius 3 is 2.26 bits per heavy atom. The van der Waals surface area contributed by atoms with Crippen LogP contribution in [0.2, 0.25) is 0 Å². The van der Waals surface area contributed by atoms with Gasteiger partial charge in [-0.3, -0.25) is 4.90 Å². The number of hydrogen-bond donors (Lipinski definition) is 1. The van der Waals surface area contributed by atoms with Crippen LogP contribution in [-0.4, -0.2) is 24.0 Å². The second-order valence-corrected chi connectivity index (χ2v) is 5.57. The van der Waals surface area contributed by atoms with Crippen LogP contribution in [0.15, 0.2) is 24.3 Å². The van der Waals surface area contributed by atoms with Crippen molar-refractivity contribution in [2.24, 2.45) is 5.73 Å². The van der Waals surface area contributed by atoms with Crippen LogP contribution < -0.4 is 5.73 Å². The summed E-state index contributed by atoms with van der Waals surface area (Å²) in [6.45, 7) is 6.60. The molecule has 1 aromatic carbocycles. The summed E-state index contributed by atoms with van der Waals surface area (Å²) >= 11 is 0. The van der Waals surface area contributed by atoms with E-state index in [0.717, 1.165) is 31.5 Å². The van der Waals surface area contributed by atoms with Crippen molar-refractivity contribution < 1.29 is 4.39 Å². The van der Waals surface area contributed by atoms with Crippen LogP contribution in [0.1, 0.15) is 45.1 Å². The molecule has 106 valence electrons. The highest BCUT2D eigenvalue weighted by molar-refractivity contribution is 5.27. The van der Waals surface area contributed by atoms with Crippen LogP contribution >= 0.6 is 0 Å². The van der Waals surface area contributed by atoms with E-state index in [1.54, 1.807) is 0 Å². The maximum atomic E-state index is 13.1. The molecule has 0 radical (unpaired) electrons. The summed E-state index contributed by atoms with van der Waals surface area (Å²) in [7, 11) is 0. The molecule has 2 atom stereocenters. The van der Waals surface area contributed by atoms with Gasteiger partial charge in [0.2, 0.25) is 0 Å². The lowest BCUT2D eigenvalue weighted by Gasteiger charge is -2.42. The Kier molecular flexibility index (Phi) is 4.58. The van der Waals surface area contributed by atoms with E-state index in [4.69, 9.17) is 5.73 Å². The molecule has 0 spiro atoms. The molecule has 0 amide bonds. The van der Waals surface area contributed by atoms with Crippen LogP contribution in [0.3, 0.4) is 0 Å². The van der Waals surface area contributed by atoms with Crippen LogP contribution in [0, 0.1) is 5.82 Å². The van der Waals surface area contributed by atoms with Gasteiger partial charge in [-0.15, -0.1) is 0 Å². The van der Waals surface area contributed by atoms with Crippen LogP contribution in [0.5, 0.6) is 0 Å². The zero-order valence-corrected chi connectivity index (χ0v) is 12.0. The van der Waals surface area contributed by atoms with Gasteiger partial charge in [-0.25, -0.2) is 4.39 Å². The normalized spacial score (nSPS) is 21.3. The third-order valence-corrected chi connectivity index (χ3v) is 4.53. The van der Waals surface area contributed by atoms with Gasteiger partial charge in [0.15, 0.2) is 0 Å². The molecule has 2 rings (SSSR count). The van der Waals surface area contributed by atoms with Gasteiger partial charge in [0.25, 0.3) is 0 Å². The SMILES string of the molecule is CCC(N1CCCC1)C(N)(CC)c1ccc(F)cc1. The van der Waals surface area contributed by atoms with Gasteiger partial charge in [0.05, 0.1) is 5.54 Å². The smallest absolute Gasteiger partial charge is 0.123 e. The maximum absolute atomic E-state index is 13.1. The summed E-state index contributed by atoms with van der Waals surface area (Å²) in [5.41, 5.74) is 7.41. The Morgan fingerprint density at radius 1 is 1.21 bits per heavy atom. The van der Waals surface area contributed by atoms with E-state index < -0.39 is 0 Å². The third kappa shape index (κ3) is 2.82. The molecule has 0 aliphatic carbocycles. The topological polar surface area (TPSA) is 29.3 Å². The van der Waals surface area contributed by atoms with Crippen LogP contribution in [0.25, 0.3) is 0 Å². The Labute approximate surface area is 115 Å². The van der Waals surface area contributed by atoms with Gasteiger partial charge in [0, 0.05) is 6.04 Å². The molecule has 2 unspecified atom stereocenters. The van der Waals surface area contributed by atoms with Crippen LogP contribution in [-0.2, 0) is 5.54 Å². The number of rotatable bonds is 5. The van der Waals surface area contributed by atoms with E-state index in [1.807, 2.05) is 12.1 Å². The summed E-state index contributed by atoms with van der Waals surface area (Å²) < 4.78 is 13.1. The largest absolute Gasteiger partial charge is 0.320 e. The van der Waals surface area contributed by atoms with E-state index in [9.17, 15) is 4.39 Å². The van der Waals surface area contributed by atoms with Crippen molar-refractivity contribution in [1.29, 1.82) is 0 Å². The lowest BCUT2D eigenvalue weighted by Crippen LogP contribution is -2.55. The van der Waals surface area contributed by atoms with E-state index in [1.165, 1.54) is 25.0 Å². The van der Waals surface area contributed by atoms with Crippen molar-refractivity contribution >= 4 is 0 Å². The molecule has 1 aliphatic rings. The minimum absolute atomic E-state index is 0.198. The molecule has 1 fully saturated rings. The molecular formula is C16H25FN2. The molecule has 2 nitrogen and oxygen atoms in total. The highest BCUT2D eigenvalue weighted by Crippen LogP contribution is 2.33. The van der Waals surface area contributed by atoms with Gasteiger partial charge in [-0.05, 0) is 56.5 Å². The number of likely N-dealkylation sites (tertiary alicyclic amines) is 1. The Hall–Kier alpha value is -0.930. The molecule has 1 aromatic rings. The number of nitrogens with zero attached hydrogens (tertiary/aromatic N) is 1. The predicted molar refractivity (Wildman–Crippen MR) is 77.4 cm³/mol. The van der Waals surface area contributed by atoms with Gasteiger partial charge in [0.1, 0.15) is 5.82 Å². The molecule has 1 aliphatic heterocycles. The molecule has 1 heterocycles. The number of hydrogen-bond acceptors (Lipinski definition) is 2. The fourth-order valence-electron chi connectivity index (χ4n) is 3.39. The molecular weight excluding hydrogens is 239 g/mol. The molecule has 0 aromatic heterocycles. The summed E-state index contributed by atoms with van der Waals surface area (Å²) in [5, 5.41) is 0. The second-order valence-electron chi connectivity index (χ2n) is 5.57. The molecule has 2 N–H and O–H groups in total. The molecule has 3 heteroatoms. The fourth-order valence-corrected chi connectivity index (χ4v) is 3.39. The van der Waals surface area contributed by atoms with Gasteiger partial charge >= 0.3 is 0 Å². The molecule has 1 saturated heterocycles. The highest BCUT2D eigenvalue weighted by atomic mass is 19.1. The third-order valence-electron chi connectivity index (χ3n) is 4.53. The van der Waals surface area contributed by atoms with Gasteiger partial charge in [-0.1, -0.05) is 26.0 Å². The monoisotopic (exact) mass is 264 g/mol. The van der Waals surface area contributed by atoms with Crippen molar-refractivity contribution in [3.8, 4) is 0 Å². The predicted octanol–water partition coefficient (Wildman–Crippen LogP) is 3.26. The summed E-state index contributed by atoms with van der Waals surface area (Å²) in [5.74, 6) is -0.198. The van der Waals surface area contributed by atoms with Gasteiger partial charge < -0.3 is 5.73 Å². The van der Waals surface area contributed by atoms with Crippen molar-refractivity contribution in [3.63, 3.8) is 0 Å². The van der Waals surface area contributed by atoms with Gasteiger partial charge in [-0.2, -0.15) is 0 Å². The molecule has 19 heavy (non-hydrogen) atoms. The first kappa shape index (κ1) is 14.5. The first-order chi connectivity index (χ1) is 9.11. The van der Waals surface area contributed by atoms with Crippen molar-refractivity contribution in [3.05, 3.63) is 35.6 Å². The lowest BCUT2D eigenvalue weighted by molar-refractivity contribution is 0.136. The number of nitrogens with two attached hydrogens (primary N) is 1. The maximum Gasteiger partial charge on any atom is 0.123 e. The lowest BCUT2D eigenvalue weighted by atomic mass is 9.79. The van der Waals surface area contributed by atoms with Crippen molar-refractivity contribution in [1.82, 2.24) is 4.90 Å². The summed E-state index contributed by atoms with van der Waals surface area (Å²) in [6.07, 6.45) is 4.43. The van der Waals surface area contributed by atoms with E-state index >= 15 is 0 Å². The Morgan fingerprint density at radius 2 is 1.79 bits per heavy atom. The van der Waals surface area contributed by atoms with E-state index in [2.05, 4.69) is 18.7 Å². The first-order valence-electron chi connectivity index (χ1n) is 7.40. The van der Waals surface area contributed by atoms with Crippen LogP contribution in [0.4, 0.5) is 4.39 Å². The summed E-state index contributed by atoms with van der Waals surface area (Å²) in [6, 6.07) is 7.06. The highest BCUT2D eigenvalue weighted by Gasteiger charge is 2.38. The van der Waals surface area contributed by atoms with Crippen molar-refractivity contribution in [2.45, 2.75) is 51.1 Å². The quantitative estimate of drug-likeness (QED) is 0.884. The Bertz CT molecular complexity index is 398. The standard InChI is InChI=1S/C16H25FN2/c1-3-15(19-11-5-6-12-19)16(18,4-2)13-7-9-14(17)10-8-13/h7-10,15H,3-6,11-12,18H2,1-2H3. The minimum Gasteiger partial charge on any atom is -0.320 e. The average molecular weight is 264 g/mol.